The van der Waals surface area contributed by atoms with Gasteiger partial charge in [-0.1, -0.05) is 30.3 Å². The van der Waals surface area contributed by atoms with E-state index in [2.05, 4.69) is 39.8 Å². The van der Waals surface area contributed by atoms with Gasteiger partial charge < -0.3 is 15.5 Å². The molecule has 132 valence electrons. The summed E-state index contributed by atoms with van der Waals surface area (Å²) in [7, 11) is 0. The van der Waals surface area contributed by atoms with Crippen LogP contribution in [0.15, 0.2) is 54.6 Å². The molecule has 1 saturated heterocycles. The number of nitrogens with one attached hydrogen (secondary N) is 2. The molecule has 0 radical (unpaired) electrons. The van der Waals surface area contributed by atoms with Crippen LogP contribution < -0.4 is 15.5 Å². The van der Waals surface area contributed by atoms with Crippen LogP contribution in [0.1, 0.15) is 31.7 Å². The second-order valence-electron chi connectivity index (χ2n) is 6.66. The average Bonchev–Trinajstić information content (AvgIpc) is 2.68. The van der Waals surface area contributed by atoms with Gasteiger partial charge in [-0.3, -0.25) is 4.79 Å². The summed E-state index contributed by atoms with van der Waals surface area (Å²) in [6.45, 7) is 4.73. The van der Waals surface area contributed by atoms with Gasteiger partial charge in [-0.25, -0.2) is 0 Å². The van der Waals surface area contributed by atoms with E-state index in [0.29, 0.717) is 6.54 Å². The normalized spacial score (nSPS) is 15.5. The molecule has 1 heterocycles. The molecule has 2 N–H and O–H groups in total. The molecule has 0 aliphatic carbocycles. The van der Waals surface area contributed by atoms with Crippen LogP contribution >= 0.6 is 0 Å². The molecule has 1 atom stereocenters. The Kier molecular flexibility index (Phi) is 5.94. The number of carbonyl (C=O) groups excluding carboxylic acids is 1. The summed E-state index contributed by atoms with van der Waals surface area (Å²) >= 11 is 0. The fourth-order valence-corrected chi connectivity index (χ4v) is 3.17. The topological polar surface area (TPSA) is 44.4 Å². The molecule has 4 nitrogen and oxygen atoms in total. The van der Waals surface area contributed by atoms with Gasteiger partial charge in [-0.05, 0) is 56.0 Å². The van der Waals surface area contributed by atoms with E-state index in [1.165, 1.54) is 24.9 Å². The molecule has 0 spiro atoms. The van der Waals surface area contributed by atoms with Crippen LogP contribution in [0.3, 0.4) is 0 Å². The quantitative estimate of drug-likeness (QED) is 0.843. The largest absolute Gasteiger partial charge is 0.374 e. The first kappa shape index (κ1) is 17.3. The predicted octanol–water partition coefficient (Wildman–Crippen LogP) is 3.79. The minimum Gasteiger partial charge on any atom is -0.374 e. The van der Waals surface area contributed by atoms with Crippen LogP contribution in [-0.4, -0.2) is 25.0 Å². The van der Waals surface area contributed by atoms with E-state index in [1.54, 1.807) is 0 Å². The highest BCUT2D eigenvalue weighted by Crippen LogP contribution is 2.22. The first-order valence-electron chi connectivity index (χ1n) is 9.15. The summed E-state index contributed by atoms with van der Waals surface area (Å²) in [6.07, 6.45) is 3.89. The SMILES string of the molecule is C[C@@H](Nc1ccc(N2CCCCC2)cc1)C(=O)NCc1ccccc1. The van der Waals surface area contributed by atoms with Gasteiger partial charge in [0.25, 0.3) is 0 Å². The Balaban J connectivity index is 1.49. The lowest BCUT2D eigenvalue weighted by atomic mass is 10.1. The number of nitrogens with zero attached hydrogens (tertiary/aromatic N) is 1. The Morgan fingerprint density at radius 3 is 2.36 bits per heavy atom. The predicted molar refractivity (Wildman–Crippen MR) is 104 cm³/mol. The fourth-order valence-electron chi connectivity index (χ4n) is 3.17. The lowest BCUT2D eigenvalue weighted by Crippen LogP contribution is -2.37. The van der Waals surface area contributed by atoms with E-state index in [-0.39, 0.29) is 11.9 Å². The Bertz CT molecular complexity index is 663. The van der Waals surface area contributed by atoms with E-state index in [1.807, 2.05) is 37.3 Å². The summed E-state index contributed by atoms with van der Waals surface area (Å²) in [4.78, 5) is 14.7. The summed E-state index contributed by atoms with van der Waals surface area (Å²) in [5.41, 5.74) is 3.35. The van der Waals surface area contributed by atoms with Crippen LogP contribution in [-0.2, 0) is 11.3 Å². The number of piperidine rings is 1. The van der Waals surface area contributed by atoms with Gasteiger partial charge in [-0.2, -0.15) is 0 Å². The monoisotopic (exact) mass is 337 g/mol. The molecule has 2 aromatic rings. The maximum Gasteiger partial charge on any atom is 0.242 e. The van der Waals surface area contributed by atoms with Crippen molar-refractivity contribution < 1.29 is 4.79 Å². The second kappa shape index (κ2) is 8.56. The van der Waals surface area contributed by atoms with Crippen molar-refractivity contribution in [3.05, 3.63) is 60.2 Å². The lowest BCUT2D eigenvalue weighted by molar-refractivity contribution is -0.121. The van der Waals surface area contributed by atoms with Crippen molar-refractivity contribution in [1.29, 1.82) is 0 Å². The molecule has 0 saturated carbocycles. The fraction of sp³-hybridized carbons (Fsp3) is 0.381. The molecular formula is C21H27N3O. The van der Waals surface area contributed by atoms with Crippen LogP contribution in [0.4, 0.5) is 11.4 Å². The maximum atomic E-state index is 12.3. The van der Waals surface area contributed by atoms with E-state index in [9.17, 15) is 4.79 Å². The van der Waals surface area contributed by atoms with Crippen LogP contribution in [0.25, 0.3) is 0 Å². The summed E-state index contributed by atoms with van der Waals surface area (Å²) in [6, 6.07) is 18.1. The number of hydrogen-bond donors (Lipinski definition) is 2. The van der Waals surface area contributed by atoms with Gasteiger partial charge >= 0.3 is 0 Å². The van der Waals surface area contributed by atoms with Crippen molar-refractivity contribution in [3.63, 3.8) is 0 Å². The Morgan fingerprint density at radius 1 is 1.00 bits per heavy atom. The van der Waals surface area contributed by atoms with Crippen molar-refractivity contribution in [2.45, 2.75) is 38.8 Å². The van der Waals surface area contributed by atoms with Crippen LogP contribution in [0.5, 0.6) is 0 Å². The third-order valence-electron chi connectivity index (χ3n) is 4.67. The zero-order valence-electron chi connectivity index (χ0n) is 14.9. The zero-order valence-corrected chi connectivity index (χ0v) is 14.9. The first-order valence-corrected chi connectivity index (χ1v) is 9.15. The molecule has 1 fully saturated rings. The lowest BCUT2D eigenvalue weighted by Gasteiger charge is -2.29. The van der Waals surface area contributed by atoms with Gasteiger partial charge in [0.05, 0.1) is 0 Å². The highest BCUT2D eigenvalue weighted by Gasteiger charge is 2.13. The van der Waals surface area contributed by atoms with Crippen LogP contribution in [0, 0.1) is 0 Å². The highest BCUT2D eigenvalue weighted by molar-refractivity contribution is 5.84. The van der Waals surface area contributed by atoms with E-state index in [0.717, 1.165) is 24.3 Å². The Morgan fingerprint density at radius 2 is 1.68 bits per heavy atom. The maximum absolute atomic E-state index is 12.3. The number of anilines is 2. The molecule has 3 rings (SSSR count). The average molecular weight is 337 g/mol. The standard InChI is InChI=1S/C21H27N3O/c1-17(21(25)22-16-18-8-4-2-5-9-18)23-19-10-12-20(13-11-19)24-14-6-3-7-15-24/h2,4-5,8-13,17,23H,3,6-7,14-16H2,1H3,(H,22,25)/t17-/m1/s1. The van der Waals surface area contributed by atoms with E-state index < -0.39 is 0 Å². The molecule has 0 bridgehead atoms. The summed E-state index contributed by atoms with van der Waals surface area (Å²) < 4.78 is 0. The number of carbonyl (C=O) groups is 1. The van der Waals surface area contributed by atoms with Crippen molar-refractivity contribution in [3.8, 4) is 0 Å². The minimum absolute atomic E-state index is 0.00367. The molecule has 0 aromatic heterocycles. The molecule has 4 heteroatoms. The van der Waals surface area contributed by atoms with Crippen molar-refractivity contribution in [2.24, 2.45) is 0 Å². The summed E-state index contributed by atoms with van der Waals surface area (Å²) in [5.74, 6) is 0.00367. The van der Waals surface area contributed by atoms with Gasteiger partial charge in [-0.15, -0.1) is 0 Å². The molecule has 25 heavy (non-hydrogen) atoms. The van der Waals surface area contributed by atoms with Crippen LogP contribution in [0.2, 0.25) is 0 Å². The Hall–Kier alpha value is -2.49. The number of amides is 1. The third-order valence-corrected chi connectivity index (χ3v) is 4.67. The number of rotatable bonds is 6. The smallest absolute Gasteiger partial charge is 0.242 e. The van der Waals surface area contributed by atoms with Crippen molar-refractivity contribution >= 4 is 17.3 Å². The Labute approximate surface area is 150 Å². The van der Waals surface area contributed by atoms with Gasteiger partial charge in [0.1, 0.15) is 6.04 Å². The molecule has 2 aromatic carbocycles. The minimum atomic E-state index is -0.274. The second-order valence-corrected chi connectivity index (χ2v) is 6.66. The van der Waals surface area contributed by atoms with E-state index in [4.69, 9.17) is 0 Å². The highest BCUT2D eigenvalue weighted by atomic mass is 16.2. The molecule has 1 aliphatic heterocycles. The number of hydrogen-bond acceptors (Lipinski definition) is 3. The molecule has 1 aliphatic rings. The third kappa shape index (κ3) is 4.99. The first-order chi connectivity index (χ1) is 12.2. The van der Waals surface area contributed by atoms with Gasteiger partial charge in [0.15, 0.2) is 0 Å². The molecule has 1 amide bonds. The van der Waals surface area contributed by atoms with E-state index >= 15 is 0 Å². The number of benzene rings is 2. The van der Waals surface area contributed by atoms with Crippen molar-refractivity contribution in [2.75, 3.05) is 23.3 Å². The zero-order chi connectivity index (χ0) is 17.5. The molecular weight excluding hydrogens is 310 g/mol. The summed E-state index contributed by atoms with van der Waals surface area (Å²) in [5, 5.41) is 6.25. The van der Waals surface area contributed by atoms with Crippen molar-refractivity contribution in [1.82, 2.24) is 5.32 Å². The molecule has 0 unspecified atom stereocenters. The van der Waals surface area contributed by atoms with Gasteiger partial charge in [0.2, 0.25) is 5.91 Å². The van der Waals surface area contributed by atoms with Gasteiger partial charge in [0, 0.05) is 31.0 Å².